The topological polar surface area (TPSA) is 106 Å². The number of aryl methyl sites for hydroxylation is 1. The van der Waals surface area contributed by atoms with E-state index in [0.29, 0.717) is 16.5 Å². The summed E-state index contributed by atoms with van der Waals surface area (Å²) in [5.41, 5.74) is 0.577. The molecular weight excluding hydrogens is 414 g/mol. The van der Waals surface area contributed by atoms with Crippen LogP contribution >= 0.6 is 0 Å². The van der Waals surface area contributed by atoms with Crippen LogP contribution in [0.25, 0.3) is 17.0 Å². The molecule has 0 saturated carbocycles. The number of fused-ring (bicyclic) bond motifs is 3. The van der Waals surface area contributed by atoms with E-state index < -0.39 is 11.4 Å². The van der Waals surface area contributed by atoms with Crippen LogP contribution in [0.4, 0.5) is 0 Å². The Bertz CT molecular complexity index is 1170. The van der Waals surface area contributed by atoms with E-state index in [4.69, 9.17) is 13.9 Å². The number of nitrogens with zero attached hydrogens (tertiary/aromatic N) is 1. The van der Waals surface area contributed by atoms with Crippen LogP contribution in [0.3, 0.4) is 0 Å². The summed E-state index contributed by atoms with van der Waals surface area (Å²) in [5.74, 6) is -1.36. The monoisotopic (exact) mass is 441 g/mol. The summed E-state index contributed by atoms with van der Waals surface area (Å²) in [6.45, 7) is 4.68. The van der Waals surface area contributed by atoms with Gasteiger partial charge in [0.1, 0.15) is 17.1 Å². The molecule has 2 aliphatic heterocycles. The molecule has 8 nitrogen and oxygen atoms in total. The molecule has 0 spiro atoms. The lowest BCUT2D eigenvalue weighted by Gasteiger charge is -2.29. The van der Waals surface area contributed by atoms with Gasteiger partial charge in [0.25, 0.3) is 0 Å². The second kappa shape index (κ2) is 8.43. The van der Waals surface area contributed by atoms with E-state index in [-0.39, 0.29) is 53.6 Å². The van der Waals surface area contributed by atoms with Gasteiger partial charge in [-0.15, -0.1) is 0 Å². The molecule has 0 aliphatic carbocycles. The number of hydrogen-bond donors (Lipinski definition) is 1. The number of methoxy groups -OCH3 is 1. The zero-order valence-corrected chi connectivity index (χ0v) is 18.5. The van der Waals surface area contributed by atoms with Gasteiger partial charge in [-0.1, -0.05) is 6.92 Å². The van der Waals surface area contributed by atoms with E-state index in [9.17, 15) is 19.5 Å². The lowest BCUT2D eigenvalue weighted by Crippen LogP contribution is -2.31. The number of amides is 1. The Morgan fingerprint density at radius 2 is 2.00 bits per heavy atom. The molecule has 1 amide bonds. The molecule has 2 aromatic rings. The van der Waals surface area contributed by atoms with E-state index in [2.05, 4.69) is 0 Å². The van der Waals surface area contributed by atoms with Crippen molar-refractivity contribution in [3.8, 4) is 11.5 Å². The van der Waals surface area contributed by atoms with Gasteiger partial charge in [-0.3, -0.25) is 9.59 Å². The van der Waals surface area contributed by atoms with Crippen molar-refractivity contribution in [3.05, 3.63) is 39.3 Å². The highest BCUT2D eigenvalue weighted by molar-refractivity contribution is 6.12. The fourth-order valence-corrected chi connectivity index (χ4v) is 4.38. The molecular formula is C24H27NO7. The molecule has 2 aliphatic rings. The summed E-state index contributed by atoms with van der Waals surface area (Å²) >= 11 is 0. The van der Waals surface area contributed by atoms with Gasteiger partial charge in [-0.05, 0) is 37.0 Å². The third-order valence-corrected chi connectivity index (χ3v) is 5.95. The molecule has 1 unspecified atom stereocenters. The zero-order chi connectivity index (χ0) is 23.0. The molecule has 8 heteroatoms. The molecule has 1 saturated heterocycles. The Labute approximate surface area is 185 Å². The van der Waals surface area contributed by atoms with Crippen LogP contribution in [0.15, 0.2) is 21.4 Å². The van der Waals surface area contributed by atoms with E-state index in [1.54, 1.807) is 13.0 Å². The summed E-state index contributed by atoms with van der Waals surface area (Å²) < 4.78 is 16.9. The van der Waals surface area contributed by atoms with E-state index >= 15 is 0 Å². The highest BCUT2D eigenvalue weighted by Gasteiger charge is 2.33. The maximum atomic E-state index is 12.9. The zero-order valence-electron chi connectivity index (χ0n) is 18.5. The Morgan fingerprint density at radius 3 is 2.66 bits per heavy atom. The number of aliphatic hydroxyl groups is 1. The van der Waals surface area contributed by atoms with Crippen molar-refractivity contribution in [1.82, 2.24) is 4.90 Å². The predicted octanol–water partition coefficient (Wildman–Crippen LogP) is 3.06. The van der Waals surface area contributed by atoms with E-state index in [1.807, 2.05) is 4.90 Å². The van der Waals surface area contributed by atoms with Crippen LogP contribution in [-0.4, -0.2) is 47.7 Å². The summed E-state index contributed by atoms with van der Waals surface area (Å²) in [5, 5.41) is 10.9. The first-order valence-corrected chi connectivity index (χ1v) is 10.9. The molecule has 0 radical (unpaired) electrons. The minimum absolute atomic E-state index is 0.0175. The quantitative estimate of drug-likeness (QED) is 0.542. The average molecular weight is 441 g/mol. The highest BCUT2D eigenvalue weighted by Crippen LogP contribution is 2.46. The summed E-state index contributed by atoms with van der Waals surface area (Å²) in [6, 6.07) is 1.32. The molecule has 0 bridgehead atoms. The Kier molecular flexibility index (Phi) is 5.81. The van der Waals surface area contributed by atoms with Crippen molar-refractivity contribution in [2.75, 3.05) is 20.2 Å². The molecule has 32 heavy (non-hydrogen) atoms. The molecule has 1 atom stereocenters. The third-order valence-electron chi connectivity index (χ3n) is 5.95. The minimum atomic E-state index is -1.60. The maximum absolute atomic E-state index is 12.9. The third kappa shape index (κ3) is 3.90. The fourth-order valence-electron chi connectivity index (χ4n) is 4.38. The summed E-state index contributed by atoms with van der Waals surface area (Å²) in [7, 11) is 1.42. The van der Waals surface area contributed by atoms with Gasteiger partial charge in [0, 0.05) is 38.9 Å². The van der Waals surface area contributed by atoms with Gasteiger partial charge in [0.2, 0.25) is 11.7 Å². The lowest BCUT2D eigenvalue weighted by atomic mass is 9.93. The van der Waals surface area contributed by atoms with Gasteiger partial charge in [-0.25, -0.2) is 4.79 Å². The average Bonchev–Trinajstić information content (AvgIpc) is 3.30. The van der Waals surface area contributed by atoms with E-state index in [1.165, 1.54) is 26.2 Å². The van der Waals surface area contributed by atoms with Crippen LogP contribution in [0.2, 0.25) is 0 Å². The van der Waals surface area contributed by atoms with Gasteiger partial charge >= 0.3 is 5.63 Å². The van der Waals surface area contributed by atoms with Crippen LogP contribution in [0.1, 0.15) is 61.0 Å². The molecule has 4 rings (SSSR count). The number of likely N-dealkylation sites (tertiary alicyclic amines) is 1. The Hall–Kier alpha value is -3.13. The van der Waals surface area contributed by atoms with Crippen molar-refractivity contribution in [2.24, 2.45) is 0 Å². The first-order valence-electron chi connectivity index (χ1n) is 10.9. The second-order valence-electron chi connectivity index (χ2n) is 8.30. The SMILES string of the molecule is CCC(=O)c1c(OC)c2c(c3c(CCC(=O)N4CCCC4)cc(=O)oc13)OC(C)(O)C=C2. The Morgan fingerprint density at radius 1 is 1.28 bits per heavy atom. The first-order chi connectivity index (χ1) is 15.3. The fraction of sp³-hybridized carbons (Fsp3) is 0.458. The largest absolute Gasteiger partial charge is 0.495 e. The second-order valence-corrected chi connectivity index (χ2v) is 8.30. The van der Waals surface area contributed by atoms with Crippen LogP contribution < -0.4 is 15.1 Å². The number of carbonyl (C=O) groups is 2. The summed E-state index contributed by atoms with van der Waals surface area (Å²) in [4.78, 5) is 39.8. The number of benzene rings is 1. The number of ether oxygens (including phenoxy) is 2. The lowest BCUT2D eigenvalue weighted by molar-refractivity contribution is -0.130. The van der Waals surface area contributed by atoms with Crippen LogP contribution in [0.5, 0.6) is 11.5 Å². The summed E-state index contributed by atoms with van der Waals surface area (Å²) in [6.07, 6.45) is 5.73. The molecule has 170 valence electrons. The molecule has 1 fully saturated rings. The first kappa shape index (κ1) is 22.1. The number of carbonyl (C=O) groups excluding carboxylic acids is 2. The van der Waals surface area contributed by atoms with Crippen molar-refractivity contribution in [1.29, 1.82) is 0 Å². The van der Waals surface area contributed by atoms with Gasteiger partial charge in [-0.2, -0.15) is 0 Å². The van der Waals surface area contributed by atoms with Gasteiger partial charge < -0.3 is 23.9 Å². The highest BCUT2D eigenvalue weighted by atomic mass is 16.6. The van der Waals surface area contributed by atoms with Crippen molar-refractivity contribution < 1.29 is 28.6 Å². The molecule has 3 heterocycles. The molecule has 1 aromatic carbocycles. The van der Waals surface area contributed by atoms with Crippen molar-refractivity contribution >= 4 is 28.7 Å². The van der Waals surface area contributed by atoms with Gasteiger partial charge in [0.05, 0.1) is 18.1 Å². The van der Waals surface area contributed by atoms with Crippen molar-refractivity contribution in [2.45, 2.75) is 51.7 Å². The predicted molar refractivity (Wildman–Crippen MR) is 118 cm³/mol. The maximum Gasteiger partial charge on any atom is 0.336 e. The molecule has 1 aromatic heterocycles. The Balaban J connectivity index is 1.93. The van der Waals surface area contributed by atoms with E-state index in [0.717, 1.165) is 25.9 Å². The smallest absolute Gasteiger partial charge is 0.336 e. The number of Topliss-reactive ketones (excluding diaryl/α,β-unsaturated/α-hetero) is 1. The molecule has 1 N–H and O–H groups in total. The van der Waals surface area contributed by atoms with Crippen LogP contribution in [0, 0.1) is 0 Å². The normalized spacial score (nSPS) is 19.7. The number of ketones is 1. The van der Waals surface area contributed by atoms with Crippen molar-refractivity contribution in [3.63, 3.8) is 0 Å². The number of hydrogen-bond acceptors (Lipinski definition) is 7. The van der Waals surface area contributed by atoms with Gasteiger partial charge in [0.15, 0.2) is 11.4 Å². The van der Waals surface area contributed by atoms with Crippen LogP contribution in [-0.2, 0) is 11.2 Å². The number of rotatable bonds is 6. The standard InChI is InChI=1S/C24H27NO7/c1-4-16(26)20-21(30-3)15-9-10-24(2,29)32-22(15)19-14(13-18(28)31-23(19)20)7-8-17(27)25-11-5-6-12-25/h9-10,13,29H,4-8,11-12H2,1-3H3. The minimum Gasteiger partial charge on any atom is -0.495 e.